The lowest BCUT2D eigenvalue weighted by Gasteiger charge is -2.17. The number of nitrogens with one attached hydrogen (secondary N) is 1. The van der Waals surface area contributed by atoms with E-state index in [1.165, 1.54) is 0 Å². The molecule has 108 valence electrons. The van der Waals surface area contributed by atoms with Crippen molar-refractivity contribution in [3.05, 3.63) is 33.4 Å². The molecule has 0 saturated carbocycles. The number of aliphatic carboxylic acids is 1. The monoisotopic (exact) mass is 389 g/mol. The summed E-state index contributed by atoms with van der Waals surface area (Å²) >= 11 is 2.19. The molecule has 6 heteroatoms. The van der Waals surface area contributed by atoms with E-state index in [4.69, 9.17) is 4.74 Å². The van der Waals surface area contributed by atoms with Gasteiger partial charge in [0.15, 0.2) is 0 Å². The van der Waals surface area contributed by atoms with Gasteiger partial charge in [0.25, 0.3) is 0 Å². The zero-order chi connectivity index (χ0) is 14.5. The lowest BCUT2D eigenvalue weighted by atomic mass is 10.1. The fourth-order valence-electron chi connectivity index (χ4n) is 2.11. The summed E-state index contributed by atoms with van der Waals surface area (Å²) in [6.45, 7) is 0.562. The fourth-order valence-corrected chi connectivity index (χ4v) is 2.46. The van der Waals surface area contributed by atoms with Gasteiger partial charge in [-0.3, -0.25) is 4.79 Å². The van der Waals surface area contributed by atoms with Crippen LogP contribution in [0, 0.1) is 3.57 Å². The van der Waals surface area contributed by atoms with Gasteiger partial charge in [0.1, 0.15) is 12.1 Å². The number of hydrogen-bond acceptors (Lipinski definition) is 3. The van der Waals surface area contributed by atoms with Gasteiger partial charge in [0.2, 0.25) is 5.91 Å². The highest BCUT2D eigenvalue weighted by molar-refractivity contribution is 14.1. The van der Waals surface area contributed by atoms with Crippen LogP contribution in [0.5, 0.6) is 0 Å². The lowest BCUT2D eigenvalue weighted by molar-refractivity contribution is -0.143. The summed E-state index contributed by atoms with van der Waals surface area (Å²) < 4.78 is 6.34. The van der Waals surface area contributed by atoms with Crippen molar-refractivity contribution in [2.45, 2.75) is 31.4 Å². The summed E-state index contributed by atoms with van der Waals surface area (Å²) in [5.74, 6) is -1.37. The number of carbonyl (C=O) groups is 2. The first kappa shape index (κ1) is 15.2. The van der Waals surface area contributed by atoms with Crippen LogP contribution in [0.25, 0.3) is 0 Å². The Morgan fingerprint density at radius 3 is 2.65 bits per heavy atom. The molecule has 1 aromatic carbocycles. The van der Waals surface area contributed by atoms with E-state index < -0.39 is 18.1 Å². The Balaban J connectivity index is 1.98. The van der Waals surface area contributed by atoms with Crippen molar-refractivity contribution < 1.29 is 19.4 Å². The first-order chi connectivity index (χ1) is 9.56. The highest BCUT2D eigenvalue weighted by Gasteiger charge is 2.28. The molecular formula is C14H16INO4. The van der Waals surface area contributed by atoms with Gasteiger partial charge in [-0.15, -0.1) is 0 Å². The minimum atomic E-state index is -1.03. The maximum atomic E-state index is 11.9. The molecule has 1 saturated heterocycles. The van der Waals surface area contributed by atoms with E-state index in [1.807, 2.05) is 24.3 Å². The lowest BCUT2D eigenvalue weighted by Crippen LogP contribution is -2.46. The largest absolute Gasteiger partial charge is 0.480 e. The SMILES string of the molecule is O=C(O)[C@H](Cc1ccc(I)cc1)NC(=O)[C@H]1CCCO1. The van der Waals surface area contributed by atoms with E-state index in [-0.39, 0.29) is 12.3 Å². The van der Waals surface area contributed by atoms with E-state index >= 15 is 0 Å². The summed E-state index contributed by atoms with van der Waals surface area (Å²) in [4.78, 5) is 23.2. The number of ether oxygens (including phenoxy) is 1. The molecule has 2 N–H and O–H groups in total. The Kier molecular flexibility index (Phi) is 5.36. The summed E-state index contributed by atoms with van der Waals surface area (Å²) in [7, 11) is 0. The van der Waals surface area contributed by atoms with Gasteiger partial charge in [0, 0.05) is 16.6 Å². The predicted molar refractivity (Wildman–Crippen MR) is 81.4 cm³/mol. The third kappa shape index (κ3) is 4.17. The molecule has 1 aromatic rings. The van der Waals surface area contributed by atoms with E-state index in [0.29, 0.717) is 13.0 Å². The summed E-state index contributed by atoms with van der Waals surface area (Å²) in [6.07, 6.45) is 1.26. The standard InChI is InChI=1S/C14H16INO4/c15-10-5-3-9(4-6-10)8-11(14(18)19)16-13(17)12-2-1-7-20-12/h3-6,11-12H,1-2,7-8H2,(H,16,17)(H,18,19)/t11-,12+/m0/s1. The first-order valence-electron chi connectivity index (χ1n) is 6.45. The summed E-state index contributed by atoms with van der Waals surface area (Å²) in [6, 6.07) is 6.64. The number of carbonyl (C=O) groups excluding carboxylic acids is 1. The van der Waals surface area contributed by atoms with E-state index in [2.05, 4.69) is 27.9 Å². The van der Waals surface area contributed by atoms with Crippen molar-refractivity contribution in [3.63, 3.8) is 0 Å². The molecule has 2 rings (SSSR count). The van der Waals surface area contributed by atoms with Crippen molar-refractivity contribution in [1.82, 2.24) is 5.32 Å². The zero-order valence-electron chi connectivity index (χ0n) is 10.8. The van der Waals surface area contributed by atoms with Gasteiger partial charge in [-0.1, -0.05) is 12.1 Å². The second kappa shape index (κ2) is 7.03. The maximum Gasteiger partial charge on any atom is 0.326 e. The van der Waals surface area contributed by atoms with Crippen molar-refractivity contribution in [2.24, 2.45) is 0 Å². The maximum absolute atomic E-state index is 11.9. The Hall–Kier alpha value is -1.15. The quantitative estimate of drug-likeness (QED) is 0.750. The van der Waals surface area contributed by atoms with Gasteiger partial charge in [-0.05, 0) is 53.1 Å². The molecule has 20 heavy (non-hydrogen) atoms. The van der Waals surface area contributed by atoms with Crippen molar-refractivity contribution in [2.75, 3.05) is 6.61 Å². The van der Waals surface area contributed by atoms with Gasteiger partial charge in [-0.2, -0.15) is 0 Å². The second-order valence-corrected chi connectivity index (χ2v) is 5.98. The van der Waals surface area contributed by atoms with E-state index in [1.54, 1.807) is 0 Å². The van der Waals surface area contributed by atoms with Crippen LogP contribution in [0.4, 0.5) is 0 Å². The zero-order valence-corrected chi connectivity index (χ0v) is 13.0. The van der Waals surface area contributed by atoms with Gasteiger partial charge in [-0.25, -0.2) is 4.79 Å². The minimum Gasteiger partial charge on any atom is -0.480 e. The number of carboxylic acids is 1. The number of hydrogen-bond donors (Lipinski definition) is 2. The molecule has 2 atom stereocenters. The third-order valence-electron chi connectivity index (χ3n) is 3.19. The molecule has 0 aromatic heterocycles. The average molecular weight is 389 g/mol. The number of benzene rings is 1. The smallest absolute Gasteiger partial charge is 0.326 e. The Labute approximate surface area is 130 Å². The minimum absolute atomic E-state index is 0.269. The van der Waals surface area contributed by atoms with Crippen molar-refractivity contribution in [3.8, 4) is 0 Å². The molecule has 1 heterocycles. The summed E-state index contributed by atoms with van der Waals surface area (Å²) in [5, 5.41) is 11.8. The summed E-state index contributed by atoms with van der Waals surface area (Å²) in [5.41, 5.74) is 0.880. The Morgan fingerprint density at radius 1 is 1.40 bits per heavy atom. The molecular weight excluding hydrogens is 373 g/mol. The molecule has 0 aliphatic carbocycles. The Bertz CT molecular complexity index is 482. The normalized spacial score (nSPS) is 19.6. The molecule has 1 aliphatic heterocycles. The van der Waals surface area contributed by atoms with Crippen LogP contribution in [-0.4, -0.2) is 35.7 Å². The fraction of sp³-hybridized carbons (Fsp3) is 0.429. The molecule has 0 spiro atoms. The number of rotatable bonds is 5. The van der Waals surface area contributed by atoms with Crippen LogP contribution in [0.15, 0.2) is 24.3 Å². The van der Waals surface area contributed by atoms with Gasteiger partial charge < -0.3 is 15.2 Å². The van der Waals surface area contributed by atoms with Crippen LogP contribution in [-0.2, 0) is 20.7 Å². The third-order valence-corrected chi connectivity index (χ3v) is 3.91. The predicted octanol–water partition coefficient (Wildman–Crippen LogP) is 1.58. The van der Waals surface area contributed by atoms with Crippen LogP contribution in [0.3, 0.4) is 0 Å². The van der Waals surface area contributed by atoms with Gasteiger partial charge in [0.05, 0.1) is 0 Å². The molecule has 1 fully saturated rings. The van der Waals surface area contributed by atoms with E-state index in [9.17, 15) is 14.7 Å². The highest BCUT2D eigenvalue weighted by atomic mass is 127. The topological polar surface area (TPSA) is 75.6 Å². The van der Waals surface area contributed by atoms with Gasteiger partial charge >= 0.3 is 5.97 Å². The van der Waals surface area contributed by atoms with Crippen molar-refractivity contribution >= 4 is 34.5 Å². The molecule has 0 bridgehead atoms. The molecule has 1 aliphatic rings. The highest BCUT2D eigenvalue weighted by Crippen LogP contribution is 2.13. The molecule has 5 nitrogen and oxygen atoms in total. The Morgan fingerprint density at radius 2 is 2.10 bits per heavy atom. The molecule has 1 amide bonds. The van der Waals surface area contributed by atoms with E-state index in [0.717, 1.165) is 15.6 Å². The van der Waals surface area contributed by atoms with Crippen molar-refractivity contribution in [1.29, 1.82) is 0 Å². The number of halogens is 1. The second-order valence-electron chi connectivity index (χ2n) is 4.73. The number of amides is 1. The first-order valence-corrected chi connectivity index (χ1v) is 7.53. The average Bonchev–Trinajstić information content (AvgIpc) is 2.94. The van der Waals surface area contributed by atoms with Crippen LogP contribution >= 0.6 is 22.6 Å². The van der Waals surface area contributed by atoms with Crippen LogP contribution < -0.4 is 5.32 Å². The molecule has 0 unspecified atom stereocenters. The van der Waals surface area contributed by atoms with Crippen LogP contribution in [0.2, 0.25) is 0 Å². The number of carboxylic acid groups (broad SMARTS) is 1. The molecule has 0 radical (unpaired) electrons. The van der Waals surface area contributed by atoms with Crippen LogP contribution in [0.1, 0.15) is 18.4 Å².